The molecule has 3 atom stereocenters. The van der Waals surface area contributed by atoms with Crippen molar-refractivity contribution in [2.75, 3.05) is 19.8 Å². The van der Waals surface area contributed by atoms with Crippen LogP contribution < -0.4 is 0 Å². The van der Waals surface area contributed by atoms with Crippen molar-refractivity contribution in [2.45, 2.75) is 70.2 Å². The van der Waals surface area contributed by atoms with Gasteiger partial charge in [-0.1, -0.05) is 12.8 Å². The van der Waals surface area contributed by atoms with E-state index in [9.17, 15) is 0 Å². The van der Waals surface area contributed by atoms with Crippen molar-refractivity contribution in [2.24, 2.45) is 5.92 Å². The normalized spacial score (nSPS) is 32.5. The molecule has 0 spiro atoms. The Morgan fingerprint density at radius 3 is 2.83 bits per heavy atom. The lowest BCUT2D eigenvalue weighted by molar-refractivity contribution is -0.119. The van der Waals surface area contributed by atoms with Crippen LogP contribution in [0.1, 0.15) is 50.0 Å². The number of aryl methyl sites for hydroxylation is 1. The maximum absolute atomic E-state index is 6.28. The quantitative estimate of drug-likeness (QED) is 0.831. The molecule has 3 aliphatic rings. The lowest BCUT2D eigenvalue weighted by Crippen LogP contribution is -2.51. The third-order valence-electron chi connectivity index (χ3n) is 5.83. The second-order valence-electron chi connectivity index (χ2n) is 7.49. The average molecular weight is 319 g/mol. The first-order valence-corrected chi connectivity index (χ1v) is 9.32. The van der Waals surface area contributed by atoms with Crippen molar-refractivity contribution in [1.82, 2.24) is 4.90 Å². The number of hydrogen-bond donors (Lipinski definition) is 0. The van der Waals surface area contributed by atoms with Gasteiger partial charge >= 0.3 is 0 Å². The molecule has 0 unspecified atom stereocenters. The lowest BCUT2D eigenvalue weighted by Gasteiger charge is -2.38. The Morgan fingerprint density at radius 1 is 1.17 bits per heavy atom. The number of morpholine rings is 1. The predicted molar refractivity (Wildman–Crippen MR) is 88.3 cm³/mol. The Hall–Kier alpha value is -0.840. The minimum Gasteiger partial charge on any atom is -0.465 e. The molecule has 128 valence electrons. The van der Waals surface area contributed by atoms with Crippen LogP contribution in [-0.4, -0.2) is 42.9 Å². The number of rotatable bonds is 5. The van der Waals surface area contributed by atoms with Gasteiger partial charge in [0.15, 0.2) is 0 Å². The SMILES string of the molecule is Cc1ccc(CN2CCO[C@H]3[C@H](OCC4CCCC4)CC[C@@H]32)o1. The van der Waals surface area contributed by atoms with Gasteiger partial charge in [0.1, 0.15) is 11.5 Å². The fourth-order valence-corrected chi connectivity index (χ4v) is 4.57. The molecule has 0 aromatic carbocycles. The van der Waals surface area contributed by atoms with E-state index in [1.807, 2.05) is 6.92 Å². The fraction of sp³-hybridized carbons (Fsp3) is 0.789. The summed E-state index contributed by atoms with van der Waals surface area (Å²) in [5.74, 6) is 2.85. The van der Waals surface area contributed by atoms with Gasteiger partial charge in [-0.2, -0.15) is 0 Å². The third kappa shape index (κ3) is 3.49. The zero-order valence-corrected chi connectivity index (χ0v) is 14.2. The molecule has 1 aliphatic heterocycles. The van der Waals surface area contributed by atoms with Crippen molar-refractivity contribution < 1.29 is 13.9 Å². The molecule has 2 saturated carbocycles. The highest BCUT2D eigenvalue weighted by Gasteiger charge is 2.43. The summed E-state index contributed by atoms with van der Waals surface area (Å²) in [4.78, 5) is 2.53. The number of hydrogen-bond acceptors (Lipinski definition) is 4. The van der Waals surface area contributed by atoms with E-state index in [4.69, 9.17) is 13.9 Å². The third-order valence-corrected chi connectivity index (χ3v) is 5.83. The number of furan rings is 1. The Balaban J connectivity index is 1.34. The molecule has 1 aromatic heterocycles. The predicted octanol–water partition coefficient (Wildman–Crippen LogP) is 3.53. The summed E-state index contributed by atoms with van der Waals surface area (Å²) in [6.07, 6.45) is 8.34. The summed E-state index contributed by atoms with van der Waals surface area (Å²) >= 11 is 0. The van der Waals surface area contributed by atoms with Gasteiger partial charge in [0, 0.05) is 19.2 Å². The largest absolute Gasteiger partial charge is 0.465 e. The second kappa shape index (κ2) is 6.96. The van der Waals surface area contributed by atoms with E-state index in [2.05, 4.69) is 17.0 Å². The second-order valence-corrected chi connectivity index (χ2v) is 7.49. The Morgan fingerprint density at radius 2 is 2.04 bits per heavy atom. The molecule has 4 rings (SSSR count). The molecule has 23 heavy (non-hydrogen) atoms. The first kappa shape index (κ1) is 15.7. The zero-order chi connectivity index (χ0) is 15.6. The zero-order valence-electron chi connectivity index (χ0n) is 14.2. The van der Waals surface area contributed by atoms with Crippen LogP contribution in [0, 0.1) is 12.8 Å². The maximum atomic E-state index is 6.28. The van der Waals surface area contributed by atoms with E-state index in [0.29, 0.717) is 12.1 Å². The van der Waals surface area contributed by atoms with E-state index >= 15 is 0 Å². The van der Waals surface area contributed by atoms with E-state index in [1.165, 1.54) is 32.1 Å². The maximum Gasteiger partial charge on any atom is 0.118 e. The van der Waals surface area contributed by atoms with Gasteiger partial charge < -0.3 is 13.9 Å². The number of fused-ring (bicyclic) bond motifs is 1. The standard InChI is InChI=1S/C19H29NO3/c1-14-6-7-16(23-14)12-20-10-11-21-19-17(20)8-9-18(19)22-13-15-4-2-3-5-15/h6-7,15,17-19H,2-5,8-13H2,1H3/t17-,18+,19+/m0/s1. The number of ether oxygens (including phenoxy) is 2. The smallest absolute Gasteiger partial charge is 0.118 e. The van der Waals surface area contributed by atoms with Gasteiger partial charge in [-0.3, -0.25) is 4.90 Å². The summed E-state index contributed by atoms with van der Waals surface area (Å²) in [6, 6.07) is 4.64. The molecular weight excluding hydrogens is 290 g/mol. The first-order chi connectivity index (χ1) is 11.3. The monoisotopic (exact) mass is 319 g/mol. The fourth-order valence-electron chi connectivity index (χ4n) is 4.57. The highest BCUT2D eigenvalue weighted by atomic mass is 16.5. The van der Waals surface area contributed by atoms with Crippen molar-refractivity contribution in [3.63, 3.8) is 0 Å². The Kier molecular flexibility index (Phi) is 4.74. The van der Waals surface area contributed by atoms with Crippen molar-refractivity contribution in [1.29, 1.82) is 0 Å². The van der Waals surface area contributed by atoms with Crippen molar-refractivity contribution in [3.8, 4) is 0 Å². The van der Waals surface area contributed by atoms with Crippen molar-refractivity contribution in [3.05, 3.63) is 23.7 Å². The van der Waals surface area contributed by atoms with E-state index in [0.717, 1.165) is 50.2 Å². The topological polar surface area (TPSA) is 34.8 Å². The van der Waals surface area contributed by atoms with Crippen LogP contribution in [0.15, 0.2) is 16.5 Å². The minimum atomic E-state index is 0.251. The first-order valence-electron chi connectivity index (χ1n) is 9.32. The van der Waals surface area contributed by atoms with Gasteiger partial charge in [-0.15, -0.1) is 0 Å². The molecule has 0 bridgehead atoms. The van der Waals surface area contributed by atoms with Gasteiger partial charge in [0.2, 0.25) is 0 Å². The van der Waals surface area contributed by atoms with Gasteiger partial charge in [-0.05, 0) is 50.7 Å². The van der Waals surface area contributed by atoms with Crippen LogP contribution in [0.4, 0.5) is 0 Å². The molecular formula is C19H29NO3. The summed E-state index contributed by atoms with van der Waals surface area (Å²) in [5, 5.41) is 0. The molecule has 1 saturated heterocycles. The van der Waals surface area contributed by atoms with Crippen LogP contribution in [0.25, 0.3) is 0 Å². The molecule has 0 amide bonds. The Bertz CT molecular complexity index is 508. The van der Waals surface area contributed by atoms with Crippen LogP contribution in [0.3, 0.4) is 0 Å². The molecule has 2 heterocycles. The molecule has 0 N–H and O–H groups in total. The van der Waals surface area contributed by atoms with E-state index in [-0.39, 0.29) is 6.10 Å². The van der Waals surface area contributed by atoms with Gasteiger partial charge in [0.05, 0.1) is 25.4 Å². The number of nitrogens with zero attached hydrogens (tertiary/aromatic N) is 1. The van der Waals surface area contributed by atoms with Crippen LogP contribution in [0.2, 0.25) is 0 Å². The van der Waals surface area contributed by atoms with Crippen LogP contribution in [-0.2, 0) is 16.0 Å². The molecule has 3 fully saturated rings. The lowest BCUT2D eigenvalue weighted by atomic mass is 10.1. The molecule has 4 nitrogen and oxygen atoms in total. The average Bonchev–Trinajstić information content (AvgIpc) is 3.27. The molecule has 0 radical (unpaired) electrons. The summed E-state index contributed by atoms with van der Waals surface area (Å²) < 4.78 is 18.2. The van der Waals surface area contributed by atoms with Crippen LogP contribution in [0.5, 0.6) is 0 Å². The summed E-state index contributed by atoms with van der Waals surface area (Å²) in [6.45, 7) is 5.65. The van der Waals surface area contributed by atoms with Gasteiger partial charge in [0.25, 0.3) is 0 Å². The molecule has 4 heteroatoms. The summed E-state index contributed by atoms with van der Waals surface area (Å²) in [5.41, 5.74) is 0. The minimum absolute atomic E-state index is 0.251. The summed E-state index contributed by atoms with van der Waals surface area (Å²) in [7, 11) is 0. The van der Waals surface area contributed by atoms with Gasteiger partial charge in [-0.25, -0.2) is 0 Å². The Labute approximate surface area is 139 Å². The highest BCUT2D eigenvalue weighted by molar-refractivity contribution is 5.07. The van der Waals surface area contributed by atoms with Crippen LogP contribution >= 0.6 is 0 Å². The highest BCUT2D eigenvalue weighted by Crippen LogP contribution is 2.34. The molecule has 1 aromatic rings. The molecule has 2 aliphatic carbocycles. The van der Waals surface area contributed by atoms with E-state index < -0.39 is 0 Å². The van der Waals surface area contributed by atoms with Crippen molar-refractivity contribution >= 4 is 0 Å². The van der Waals surface area contributed by atoms with E-state index in [1.54, 1.807) is 0 Å².